The third-order valence-corrected chi connectivity index (χ3v) is 8.02. The second-order valence-electron chi connectivity index (χ2n) is 9.64. The van der Waals surface area contributed by atoms with Crippen molar-refractivity contribution in [2.24, 2.45) is 10.1 Å². The first-order valence-corrected chi connectivity index (χ1v) is 13.4. The van der Waals surface area contributed by atoms with Crippen molar-refractivity contribution < 1.29 is 14.3 Å². The molecule has 38 heavy (non-hydrogen) atoms. The molecular weight excluding hydrogens is 496 g/mol. The van der Waals surface area contributed by atoms with Crippen LogP contribution in [0.15, 0.2) is 76.8 Å². The molecule has 2 aliphatic heterocycles. The Morgan fingerprint density at radius 3 is 2.45 bits per heavy atom. The van der Waals surface area contributed by atoms with Crippen LogP contribution in [0.2, 0.25) is 0 Å². The maximum atomic E-state index is 12.9. The van der Waals surface area contributed by atoms with Crippen LogP contribution in [0, 0.1) is 20.8 Å². The summed E-state index contributed by atoms with van der Waals surface area (Å²) in [5, 5.41) is 9.60. The Balaban J connectivity index is 1.34. The quantitative estimate of drug-likeness (QED) is 0.439. The van der Waals surface area contributed by atoms with Crippen molar-refractivity contribution in [1.82, 2.24) is 5.01 Å². The van der Waals surface area contributed by atoms with Crippen LogP contribution < -0.4 is 10.1 Å². The van der Waals surface area contributed by atoms with E-state index in [1.807, 2.05) is 61.3 Å². The van der Waals surface area contributed by atoms with Gasteiger partial charge in [-0.1, -0.05) is 47.7 Å². The molecule has 0 unspecified atom stereocenters. The lowest BCUT2D eigenvalue weighted by Crippen LogP contribution is -2.25. The molecular formula is C30H30N4O3S. The SMILES string of the molecule is COc1ccc(C2=NN(C3=NC(=O)[C@H](CC(=O)Nc4ccc(C)c(C)c4)S3)[C@H](c3ccc(C)cc3)C2)cc1. The molecule has 0 spiro atoms. The Kier molecular flexibility index (Phi) is 7.33. The number of thioether (sulfide) groups is 1. The molecule has 3 aromatic rings. The minimum Gasteiger partial charge on any atom is -0.497 e. The number of nitrogens with zero attached hydrogens (tertiary/aromatic N) is 3. The fourth-order valence-corrected chi connectivity index (χ4v) is 5.56. The molecule has 3 aromatic carbocycles. The molecule has 0 radical (unpaired) electrons. The number of aryl methyl sites for hydroxylation is 3. The molecule has 2 aliphatic rings. The Morgan fingerprint density at radius 1 is 1.03 bits per heavy atom. The van der Waals surface area contributed by atoms with Crippen molar-refractivity contribution in [2.45, 2.75) is 44.9 Å². The van der Waals surface area contributed by atoms with E-state index in [2.05, 4.69) is 41.5 Å². The Labute approximate surface area is 227 Å². The number of nitrogens with one attached hydrogen (secondary N) is 1. The maximum Gasteiger partial charge on any atom is 0.262 e. The summed E-state index contributed by atoms with van der Waals surface area (Å²) >= 11 is 1.30. The van der Waals surface area contributed by atoms with Crippen molar-refractivity contribution in [3.05, 3.63) is 94.5 Å². The topological polar surface area (TPSA) is 83.4 Å². The number of aliphatic imine (C=N–C) groups is 1. The zero-order valence-electron chi connectivity index (χ0n) is 21.9. The fraction of sp³-hybridized carbons (Fsp3) is 0.267. The summed E-state index contributed by atoms with van der Waals surface area (Å²) < 4.78 is 5.30. The smallest absolute Gasteiger partial charge is 0.262 e. The van der Waals surface area contributed by atoms with Crippen molar-refractivity contribution >= 4 is 40.1 Å². The van der Waals surface area contributed by atoms with Crippen LogP contribution in [0.1, 0.15) is 46.7 Å². The molecule has 8 heteroatoms. The zero-order chi connectivity index (χ0) is 26.8. The van der Waals surface area contributed by atoms with E-state index in [0.717, 1.165) is 39.4 Å². The molecule has 0 aromatic heterocycles. The van der Waals surface area contributed by atoms with Crippen LogP contribution in [-0.4, -0.2) is 40.1 Å². The summed E-state index contributed by atoms with van der Waals surface area (Å²) in [5.41, 5.74) is 7.14. The highest BCUT2D eigenvalue weighted by atomic mass is 32.2. The van der Waals surface area contributed by atoms with Gasteiger partial charge in [0.1, 0.15) is 11.0 Å². The van der Waals surface area contributed by atoms with Crippen molar-refractivity contribution in [1.29, 1.82) is 0 Å². The molecule has 0 fully saturated rings. The normalized spacial score (nSPS) is 18.8. The lowest BCUT2D eigenvalue weighted by Gasteiger charge is -2.23. The second-order valence-corrected chi connectivity index (χ2v) is 10.8. The van der Waals surface area contributed by atoms with Crippen LogP contribution in [0.4, 0.5) is 5.69 Å². The monoisotopic (exact) mass is 526 g/mol. The Hall–Kier alpha value is -3.91. The Morgan fingerprint density at radius 2 is 1.76 bits per heavy atom. The van der Waals surface area contributed by atoms with E-state index in [4.69, 9.17) is 9.84 Å². The summed E-state index contributed by atoms with van der Waals surface area (Å²) in [4.78, 5) is 30.0. The first-order valence-electron chi connectivity index (χ1n) is 12.5. The van der Waals surface area contributed by atoms with Crippen LogP contribution in [0.3, 0.4) is 0 Å². The number of amides is 2. The van der Waals surface area contributed by atoms with Gasteiger partial charge in [0.15, 0.2) is 5.17 Å². The predicted octanol–water partition coefficient (Wildman–Crippen LogP) is 5.80. The molecule has 194 valence electrons. The van der Waals surface area contributed by atoms with Gasteiger partial charge in [0.05, 0.1) is 18.9 Å². The predicted molar refractivity (Wildman–Crippen MR) is 153 cm³/mol. The highest BCUT2D eigenvalue weighted by molar-refractivity contribution is 8.15. The molecule has 0 saturated heterocycles. The summed E-state index contributed by atoms with van der Waals surface area (Å²) in [6.45, 7) is 6.08. The van der Waals surface area contributed by atoms with Gasteiger partial charge in [-0.15, -0.1) is 0 Å². The lowest BCUT2D eigenvalue weighted by molar-refractivity contribution is -0.121. The van der Waals surface area contributed by atoms with Gasteiger partial charge in [-0.25, -0.2) is 5.01 Å². The number of methoxy groups -OCH3 is 1. The zero-order valence-corrected chi connectivity index (χ0v) is 22.7. The number of amidine groups is 1. The molecule has 0 saturated carbocycles. The average molecular weight is 527 g/mol. The third-order valence-electron chi connectivity index (χ3n) is 6.88. The van der Waals surface area contributed by atoms with E-state index in [-0.39, 0.29) is 24.3 Å². The standard InChI is InChI=1S/C30H30N4O3S/c1-18-5-8-22(9-6-18)26-16-25(21-10-13-24(37-4)14-11-21)33-34(26)30-32-29(36)27(38-30)17-28(35)31-23-12-7-19(2)20(3)15-23/h5-15,26-27H,16-17H2,1-4H3,(H,31,35)/t26-,27-/m0/s1. The number of rotatable bonds is 6. The number of ether oxygens (including phenoxy) is 1. The van der Waals surface area contributed by atoms with E-state index >= 15 is 0 Å². The number of carbonyl (C=O) groups is 2. The third kappa shape index (κ3) is 5.50. The molecule has 1 N–H and O–H groups in total. The number of hydrogen-bond acceptors (Lipinski definition) is 6. The van der Waals surface area contributed by atoms with Crippen LogP contribution in [0.5, 0.6) is 5.75 Å². The molecule has 2 heterocycles. The number of anilines is 1. The number of benzene rings is 3. The summed E-state index contributed by atoms with van der Waals surface area (Å²) in [6.07, 6.45) is 0.711. The van der Waals surface area contributed by atoms with Crippen LogP contribution in [-0.2, 0) is 9.59 Å². The minimum atomic E-state index is -0.588. The van der Waals surface area contributed by atoms with E-state index in [9.17, 15) is 9.59 Å². The fourth-order valence-electron chi connectivity index (χ4n) is 4.50. The first kappa shape index (κ1) is 25.7. The summed E-state index contributed by atoms with van der Waals surface area (Å²) in [7, 11) is 1.64. The molecule has 2 amide bonds. The average Bonchev–Trinajstić information content (AvgIpc) is 3.51. The van der Waals surface area contributed by atoms with Gasteiger partial charge in [0, 0.05) is 18.5 Å². The lowest BCUT2D eigenvalue weighted by atomic mass is 9.98. The van der Waals surface area contributed by atoms with E-state index in [1.54, 1.807) is 7.11 Å². The highest BCUT2D eigenvalue weighted by Crippen LogP contribution is 2.39. The highest BCUT2D eigenvalue weighted by Gasteiger charge is 2.39. The number of hydrazone groups is 1. The van der Waals surface area contributed by atoms with Crippen LogP contribution >= 0.6 is 11.8 Å². The molecule has 5 rings (SSSR count). The maximum absolute atomic E-state index is 12.9. The molecule has 0 bridgehead atoms. The molecule has 7 nitrogen and oxygen atoms in total. The van der Waals surface area contributed by atoms with Gasteiger partial charge in [-0.3, -0.25) is 9.59 Å². The second kappa shape index (κ2) is 10.8. The van der Waals surface area contributed by atoms with Gasteiger partial charge in [0.25, 0.3) is 5.91 Å². The Bertz CT molecular complexity index is 1430. The van der Waals surface area contributed by atoms with Crippen molar-refractivity contribution in [3.63, 3.8) is 0 Å². The number of hydrogen-bond donors (Lipinski definition) is 1. The van der Waals surface area contributed by atoms with Gasteiger partial charge in [-0.05, 0) is 79.4 Å². The summed E-state index contributed by atoms with van der Waals surface area (Å²) in [5.74, 6) is 0.257. The van der Waals surface area contributed by atoms with Gasteiger partial charge >= 0.3 is 0 Å². The number of carbonyl (C=O) groups excluding carboxylic acids is 2. The molecule has 0 aliphatic carbocycles. The molecule has 2 atom stereocenters. The van der Waals surface area contributed by atoms with Crippen molar-refractivity contribution in [2.75, 3.05) is 12.4 Å². The van der Waals surface area contributed by atoms with Gasteiger partial charge in [0.2, 0.25) is 5.91 Å². The van der Waals surface area contributed by atoms with Crippen molar-refractivity contribution in [3.8, 4) is 5.75 Å². The van der Waals surface area contributed by atoms with Gasteiger partial charge < -0.3 is 10.1 Å². The van der Waals surface area contributed by atoms with E-state index in [0.29, 0.717) is 11.6 Å². The van der Waals surface area contributed by atoms with Gasteiger partial charge in [-0.2, -0.15) is 10.1 Å². The first-order chi connectivity index (χ1) is 18.3. The van der Waals surface area contributed by atoms with E-state index < -0.39 is 5.25 Å². The summed E-state index contributed by atoms with van der Waals surface area (Å²) in [6, 6.07) is 21.8. The minimum absolute atomic E-state index is 0.0432. The van der Waals surface area contributed by atoms with Crippen LogP contribution in [0.25, 0.3) is 0 Å². The van der Waals surface area contributed by atoms with E-state index in [1.165, 1.54) is 17.3 Å². The largest absolute Gasteiger partial charge is 0.497 e.